The molecule has 0 spiro atoms. The monoisotopic (exact) mass is 512 g/mol. The van der Waals surface area contributed by atoms with Crippen molar-refractivity contribution in [3.63, 3.8) is 0 Å². The molecule has 2 aromatic rings. The van der Waals surface area contributed by atoms with E-state index < -0.39 is 10.0 Å². The van der Waals surface area contributed by atoms with Crippen LogP contribution in [0.4, 0.5) is 0 Å². The number of aryl methyl sites for hydroxylation is 1. The van der Waals surface area contributed by atoms with Crippen LogP contribution < -0.4 is 5.32 Å². The molecule has 1 N–H and O–H groups in total. The highest BCUT2D eigenvalue weighted by atomic mass is 127. The van der Waals surface area contributed by atoms with Crippen LogP contribution in [-0.2, 0) is 10.0 Å². The summed E-state index contributed by atoms with van der Waals surface area (Å²) in [5.74, 6) is -0.117. The van der Waals surface area contributed by atoms with Gasteiger partial charge in [-0.3, -0.25) is 4.79 Å². The van der Waals surface area contributed by atoms with Crippen molar-refractivity contribution >= 4 is 38.5 Å². The number of carbonyl (C=O) groups excluding carboxylic acids is 1. The molecule has 0 bridgehead atoms. The van der Waals surface area contributed by atoms with E-state index in [-0.39, 0.29) is 11.9 Å². The van der Waals surface area contributed by atoms with Gasteiger partial charge >= 0.3 is 0 Å². The van der Waals surface area contributed by atoms with Crippen LogP contribution in [0.5, 0.6) is 0 Å². The van der Waals surface area contributed by atoms with Crippen LogP contribution in [0.2, 0.25) is 0 Å². The molecule has 0 radical (unpaired) electrons. The summed E-state index contributed by atoms with van der Waals surface area (Å²) in [5.41, 5.74) is 1.68. The number of benzene rings is 2. The first-order valence-electron chi connectivity index (χ1n) is 9.51. The van der Waals surface area contributed by atoms with E-state index in [1.807, 2.05) is 37.3 Å². The number of halogens is 1. The normalized spacial score (nSPS) is 18.0. The lowest BCUT2D eigenvalue weighted by Gasteiger charge is -2.34. The van der Waals surface area contributed by atoms with Gasteiger partial charge in [-0.15, -0.1) is 0 Å². The maximum absolute atomic E-state index is 13.1. The second-order valence-electron chi connectivity index (χ2n) is 7.10. The maximum atomic E-state index is 13.1. The summed E-state index contributed by atoms with van der Waals surface area (Å²) < 4.78 is 28.7. The fourth-order valence-electron chi connectivity index (χ4n) is 3.52. The van der Waals surface area contributed by atoms with Crippen molar-refractivity contribution in [2.45, 2.75) is 43.5 Å². The number of nitrogens with one attached hydrogen (secondary N) is 1. The Morgan fingerprint density at radius 3 is 2.57 bits per heavy atom. The van der Waals surface area contributed by atoms with Crippen LogP contribution in [0, 0.1) is 10.5 Å². The predicted octanol–water partition coefficient (Wildman–Crippen LogP) is 3.96. The molecule has 1 amide bonds. The summed E-state index contributed by atoms with van der Waals surface area (Å²) in [5, 5.41) is 2.94. The number of hydrogen-bond donors (Lipinski definition) is 1. The Balaban J connectivity index is 1.66. The number of amides is 1. The fourth-order valence-corrected chi connectivity index (χ4v) is 5.87. The van der Waals surface area contributed by atoms with E-state index in [1.54, 1.807) is 22.5 Å². The van der Waals surface area contributed by atoms with Gasteiger partial charge in [-0.25, -0.2) is 8.42 Å². The molecule has 7 heteroatoms. The summed E-state index contributed by atoms with van der Waals surface area (Å²) in [6.45, 7) is 2.93. The zero-order valence-corrected chi connectivity index (χ0v) is 18.9. The molecule has 1 fully saturated rings. The lowest BCUT2D eigenvalue weighted by Crippen LogP contribution is -2.45. The van der Waals surface area contributed by atoms with Crippen LogP contribution in [0.15, 0.2) is 53.4 Å². The molecule has 5 nitrogen and oxygen atoms in total. The van der Waals surface area contributed by atoms with Gasteiger partial charge in [0.1, 0.15) is 0 Å². The Hall–Kier alpha value is -1.45. The van der Waals surface area contributed by atoms with Gasteiger partial charge in [0.2, 0.25) is 10.0 Å². The molecule has 1 saturated heterocycles. The molecular formula is C21H25IN2O3S. The first-order chi connectivity index (χ1) is 13.4. The Morgan fingerprint density at radius 2 is 1.86 bits per heavy atom. The molecule has 1 atom stereocenters. The average molecular weight is 512 g/mol. The fraction of sp³-hybridized carbons (Fsp3) is 0.381. The van der Waals surface area contributed by atoms with E-state index in [1.165, 1.54) is 0 Å². The van der Waals surface area contributed by atoms with Crippen LogP contribution >= 0.6 is 22.6 Å². The van der Waals surface area contributed by atoms with Gasteiger partial charge < -0.3 is 5.32 Å². The van der Waals surface area contributed by atoms with Crippen molar-refractivity contribution in [1.29, 1.82) is 0 Å². The third-order valence-corrected chi connectivity index (χ3v) is 7.99. The van der Waals surface area contributed by atoms with Gasteiger partial charge in [0.25, 0.3) is 5.91 Å². The van der Waals surface area contributed by atoms with Crippen LogP contribution in [0.3, 0.4) is 0 Å². The van der Waals surface area contributed by atoms with E-state index >= 15 is 0 Å². The molecule has 0 aromatic heterocycles. The molecule has 2 aromatic carbocycles. The molecule has 150 valence electrons. The van der Waals surface area contributed by atoms with Gasteiger partial charge in [0.15, 0.2) is 0 Å². The first-order valence-corrected chi connectivity index (χ1v) is 12.0. The quantitative estimate of drug-likeness (QED) is 0.596. The number of nitrogens with zero attached hydrogens (tertiary/aromatic N) is 1. The molecule has 28 heavy (non-hydrogen) atoms. The van der Waals surface area contributed by atoms with Gasteiger partial charge in [-0.2, -0.15) is 4.31 Å². The zero-order valence-electron chi connectivity index (χ0n) is 15.9. The number of sulfonamides is 1. The molecular weight excluding hydrogens is 487 g/mol. The molecule has 1 heterocycles. The number of piperidine rings is 1. The lowest BCUT2D eigenvalue weighted by molar-refractivity contribution is 0.0948. The minimum Gasteiger partial charge on any atom is -0.352 e. The first kappa shape index (κ1) is 21.3. The predicted molar refractivity (Wildman–Crippen MR) is 119 cm³/mol. The van der Waals surface area contributed by atoms with Crippen LogP contribution in [0.1, 0.15) is 41.6 Å². The summed E-state index contributed by atoms with van der Waals surface area (Å²) in [7, 11) is -3.52. The van der Waals surface area contributed by atoms with Crippen molar-refractivity contribution in [3.8, 4) is 0 Å². The van der Waals surface area contributed by atoms with Crippen LogP contribution in [0.25, 0.3) is 0 Å². The van der Waals surface area contributed by atoms with E-state index in [4.69, 9.17) is 0 Å². The number of rotatable bonds is 6. The van der Waals surface area contributed by atoms with Crippen molar-refractivity contribution in [3.05, 3.63) is 63.2 Å². The van der Waals surface area contributed by atoms with Crippen LogP contribution in [-0.4, -0.2) is 37.8 Å². The van der Waals surface area contributed by atoms with Crippen molar-refractivity contribution in [2.75, 3.05) is 13.1 Å². The Kier molecular flexibility index (Phi) is 7.11. The smallest absolute Gasteiger partial charge is 0.252 e. The maximum Gasteiger partial charge on any atom is 0.252 e. The Morgan fingerprint density at radius 1 is 1.14 bits per heavy atom. The second-order valence-corrected chi connectivity index (χ2v) is 10.2. The Bertz CT molecular complexity index is 929. The average Bonchev–Trinajstić information content (AvgIpc) is 2.69. The largest absolute Gasteiger partial charge is 0.352 e. The van der Waals surface area contributed by atoms with Crippen molar-refractivity contribution < 1.29 is 13.2 Å². The molecule has 0 saturated carbocycles. The molecule has 3 rings (SSSR count). The summed E-state index contributed by atoms with van der Waals surface area (Å²) in [6.07, 6.45) is 3.31. The zero-order chi connectivity index (χ0) is 20.1. The van der Waals surface area contributed by atoms with E-state index in [0.29, 0.717) is 30.0 Å². The van der Waals surface area contributed by atoms with Gasteiger partial charge in [-0.05, 0) is 73.0 Å². The third kappa shape index (κ3) is 4.93. The highest BCUT2D eigenvalue weighted by Crippen LogP contribution is 2.27. The number of carbonyl (C=O) groups is 1. The van der Waals surface area contributed by atoms with Gasteiger partial charge in [0.05, 0.1) is 10.5 Å². The highest BCUT2D eigenvalue weighted by molar-refractivity contribution is 14.1. The Labute approximate surface area is 180 Å². The summed E-state index contributed by atoms with van der Waals surface area (Å²) >= 11 is 2.14. The number of hydrogen-bond acceptors (Lipinski definition) is 3. The molecule has 1 unspecified atom stereocenters. The van der Waals surface area contributed by atoms with E-state index in [9.17, 15) is 13.2 Å². The topological polar surface area (TPSA) is 66.5 Å². The minimum absolute atomic E-state index is 0.0878. The minimum atomic E-state index is -3.52. The summed E-state index contributed by atoms with van der Waals surface area (Å²) in [6, 6.07) is 14.3. The van der Waals surface area contributed by atoms with Gasteiger partial charge in [-0.1, -0.05) is 36.2 Å². The standard InChI is InChI=1S/C21H25IN2O3S/c1-16-9-11-18(12-10-16)28(26,27)24-15-5-4-6-17(24)13-14-23-21(25)19-7-2-3-8-20(19)22/h2-3,7-12,17H,4-6,13-15H2,1H3,(H,23,25). The summed E-state index contributed by atoms with van der Waals surface area (Å²) in [4.78, 5) is 12.7. The van der Waals surface area contributed by atoms with Crippen molar-refractivity contribution in [2.24, 2.45) is 0 Å². The molecule has 1 aliphatic rings. The van der Waals surface area contributed by atoms with E-state index in [2.05, 4.69) is 27.9 Å². The highest BCUT2D eigenvalue weighted by Gasteiger charge is 2.33. The van der Waals surface area contributed by atoms with Crippen molar-refractivity contribution in [1.82, 2.24) is 9.62 Å². The third-order valence-electron chi connectivity index (χ3n) is 5.08. The van der Waals surface area contributed by atoms with Gasteiger partial charge in [0, 0.05) is 22.7 Å². The molecule has 0 aliphatic carbocycles. The van der Waals surface area contributed by atoms with E-state index in [0.717, 1.165) is 28.4 Å². The molecule has 1 aliphatic heterocycles. The SMILES string of the molecule is Cc1ccc(S(=O)(=O)N2CCCCC2CCNC(=O)c2ccccc2I)cc1. The second kappa shape index (κ2) is 9.37. The lowest BCUT2D eigenvalue weighted by atomic mass is 10.0.